The van der Waals surface area contributed by atoms with Crippen LogP contribution in [0, 0.1) is 0 Å². The van der Waals surface area contributed by atoms with Crippen LogP contribution in [0.4, 0.5) is 0 Å². The zero-order chi connectivity index (χ0) is 11.4. The second-order valence-corrected chi connectivity index (χ2v) is 4.62. The lowest BCUT2D eigenvalue weighted by Crippen LogP contribution is -2.35. The van der Waals surface area contributed by atoms with Crippen LogP contribution in [0.5, 0.6) is 0 Å². The van der Waals surface area contributed by atoms with Crippen LogP contribution in [0.1, 0.15) is 26.2 Å². The van der Waals surface area contributed by atoms with E-state index >= 15 is 0 Å². The molecule has 0 saturated carbocycles. The van der Waals surface area contributed by atoms with Crippen molar-refractivity contribution in [3.8, 4) is 0 Å². The van der Waals surface area contributed by atoms with Gasteiger partial charge in [0, 0.05) is 32.6 Å². The van der Waals surface area contributed by atoms with Gasteiger partial charge in [-0.3, -0.25) is 4.79 Å². The van der Waals surface area contributed by atoms with E-state index in [9.17, 15) is 4.79 Å². The van der Waals surface area contributed by atoms with E-state index in [2.05, 4.69) is 23.5 Å². The highest BCUT2D eigenvalue weighted by atomic mass is 16.2. The minimum atomic E-state index is 0.198. The molecule has 1 amide bonds. The van der Waals surface area contributed by atoms with Crippen LogP contribution < -0.4 is 5.32 Å². The predicted molar refractivity (Wildman–Crippen MR) is 65.1 cm³/mol. The fourth-order valence-corrected chi connectivity index (χ4v) is 2.29. The molecule has 0 bridgehead atoms. The van der Waals surface area contributed by atoms with Crippen LogP contribution in [-0.2, 0) is 4.79 Å². The number of hydrogen-bond acceptors (Lipinski definition) is 2. The Morgan fingerprint density at radius 2 is 2.50 bits per heavy atom. The lowest BCUT2D eigenvalue weighted by Gasteiger charge is -2.16. The Morgan fingerprint density at radius 3 is 3.12 bits per heavy atom. The first kappa shape index (κ1) is 11.4. The van der Waals surface area contributed by atoms with Crippen molar-refractivity contribution in [3.05, 3.63) is 23.8 Å². The molecule has 1 saturated heterocycles. The Bertz CT molecular complexity index is 320. The summed E-state index contributed by atoms with van der Waals surface area (Å²) < 4.78 is 0. The molecular weight excluding hydrogens is 200 g/mol. The van der Waals surface area contributed by atoms with E-state index in [1.807, 2.05) is 4.90 Å². The van der Waals surface area contributed by atoms with Crippen molar-refractivity contribution in [2.24, 2.45) is 0 Å². The Morgan fingerprint density at radius 1 is 1.62 bits per heavy atom. The molecular formula is C13H20N2O. The number of carbonyl (C=O) groups excluding carboxylic acids is 1. The maximum Gasteiger partial charge on any atom is 0.219 e. The topological polar surface area (TPSA) is 32.3 Å². The number of hydrogen-bond donors (Lipinski definition) is 1. The molecule has 0 aromatic rings. The van der Waals surface area contributed by atoms with E-state index < -0.39 is 0 Å². The summed E-state index contributed by atoms with van der Waals surface area (Å²) in [7, 11) is 0. The molecule has 88 valence electrons. The molecule has 0 radical (unpaired) electrons. The summed E-state index contributed by atoms with van der Waals surface area (Å²) in [5, 5.41) is 3.54. The molecule has 0 aromatic heterocycles. The normalized spacial score (nSPS) is 24.7. The Kier molecular flexibility index (Phi) is 3.78. The highest BCUT2D eigenvalue weighted by Crippen LogP contribution is 2.13. The molecule has 0 spiro atoms. The molecule has 1 unspecified atom stereocenters. The van der Waals surface area contributed by atoms with E-state index in [-0.39, 0.29) is 5.91 Å². The summed E-state index contributed by atoms with van der Waals surface area (Å²) in [6, 6.07) is 0.482. The van der Waals surface area contributed by atoms with Crippen LogP contribution in [0.15, 0.2) is 23.8 Å². The average molecular weight is 220 g/mol. The first-order valence-corrected chi connectivity index (χ1v) is 6.09. The van der Waals surface area contributed by atoms with Crippen molar-refractivity contribution < 1.29 is 4.79 Å². The molecule has 1 atom stereocenters. The molecule has 1 aliphatic carbocycles. The van der Waals surface area contributed by atoms with Crippen LogP contribution in [0.3, 0.4) is 0 Å². The molecule has 2 rings (SSSR count). The monoisotopic (exact) mass is 220 g/mol. The number of nitrogens with zero attached hydrogens (tertiary/aromatic N) is 1. The van der Waals surface area contributed by atoms with Crippen molar-refractivity contribution in [1.29, 1.82) is 0 Å². The maximum absolute atomic E-state index is 11.2. The zero-order valence-electron chi connectivity index (χ0n) is 9.91. The van der Waals surface area contributed by atoms with Gasteiger partial charge < -0.3 is 10.2 Å². The largest absolute Gasteiger partial charge is 0.341 e. The van der Waals surface area contributed by atoms with Gasteiger partial charge in [-0.1, -0.05) is 23.8 Å². The standard InChI is InChI=1S/C13H20N2O/c1-11(16)15-8-7-13(10-15)14-9-12-5-3-2-4-6-12/h2-3,5,13-14H,4,6-10H2,1H3. The molecule has 1 N–H and O–H groups in total. The van der Waals surface area contributed by atoms with Gasteiger partial charge in [0.1, 0.15) is 0 Å². The second kappa shape index (κ2) is 5.30. The number of nitrogens with one attached hydrogen (secondary N) is 1. The minimum absolute atomic E-state index is 0.198. The zero-order valence-corrected chi connectivity index (χ0v) is 9.91. The van der Waals surface area contributed by atoms with Gasteiger partial charge in [0.2, 0.25) is 5.91 Å². The van der Waals surface area contributed by atoms with Gasteiger partial charge in [-0.25, -0.2) is 0 Å². The maximum atomic E-state index is 11.2. The summed E-state index contributed by atoms with van der Waals surface area (Å²) >= 11 is 0. The van der Waals surface area contributed by atoms with Gasteiger partial charge in [-0.2, -0.15) is 0 Å². The molecule has 1 aliphatic heterocycles. The molecule has 3 heteroatoms. The predicted octanol–water partition coefficient (Wildman–Crippen LogP) is 1.47. The summed E-state index contributed by atoms with van der Waals surface area (Å²) in [4.78, 5) is 13.1. The van der Waals surface area contributed by atoms with E-state index in [4.69, 9.17) is 0 Å². The van der Waals surface area contributed by atoms with Crippen LogP contribution in [-0.4, -0.2) is 36.5 Å². The molecule has 16 heavy (non-hydrogen) atoms. The van der Waals surface area contributed by atoms with E-state index in [1.54, 1.807) is 6.92 Å². The Hall–Kier alpha value is -1.09. The van der Waals surface area contributed by atoms with Crippen molar-refractivity contribution in [2.45, 2.75) is 32.2 Å². The Labute approximate surface area is 97.2 Å². The summed E-state index contributed by atoms with van der Waals surface area (Å²) in [5.74, 6) is 0.198. The van der Waals surface area contributed by atoms with Crippen LogP contribution in [0.2, 0.25) is 0 Å². The third-order valence-corrected chi connectivity index (χ3v) is 3.35. The third kappa shape index (κ3) is 2.95. The number of carbonyl (C=O) groups is 1. The lowest BCUT2D eigenvalue weighted by molar-refractivity contribution is -0.127. The fraction of sp³-hybridized carbons (Fsp3) is 0.615. The van der Waals surface area contributed by atoms with Crippen molar-refractivity contribution in [3.63, 3.8) is 0 Å². The molecule has 1 fully saturated rings. The molecule has 2 aliphatic rings. The first-order valence-electron chi connectivity index (χ1n) is 6.09. The SMILES string of the molecule is CC(=O)N1CCC(NCC2=CC=CCC2)C1. The Balaban J connectivity index is 1.73. The van der Waals surface area contributed by atoms with Gasteiger partial charge in [0.05, 0.1) is 0 Å². The number of allylic oxidation sites excluding steroid dienone is 3. The van der Waals surface area contributed by atoms with Crippen LogP contribution >= 0.6 is 0 Å². The highest BCUT2D eigenvalue weighted by molar-refractivity contribution is 5.73. The van der Waals surface area contributed by atoms with Crippen LogP contribution in [0.25, 0.3) is 0 Å². The van der Waals surface area contributed by atoms with Crippen molar-refractivity contribution in [2.75, 3.05) is 19.6 Å². The van der Waals surface area contributed by atoms with E-state index in [0.717, 1.165) is 32.5 Å². The summed E-state index contributed by atoms with van der Waals surface area (Å²) in [5.41, 5.74) is 1.48. The first-order chi connectivity index (χ1) is 7.75. The number of likely N-dealkylation sites (tertiary alicyclic amines) is 1. The van der Waals surface area contributed by atoms with Crippen molar-refractivity contribution >= 4 is 5.91 Å². The molecule has 0 aromatic carbocycles. The van der Waals surface area contributed by atoms with E-state index in [1.165, 1.54) is 12.0 Å². The second-order valence-electron chi connectivity index (χ2n) is 4.62. The minimum Gasteiger partial charge on any atom is -0.341 e. The quantitative estimate of drug-likeness (QED) is 0.781. The number of amides is 1. The summed E-state index contributed by atoms with van der Waals surface area (Å²) in [6.45, 7) is 4.40. The van der Waals surface area contributed by atoms with Crippen molar-refractivity contribution in [1.82, 2.24) is 10.2 Å². The fourth-order valence-electron chi connectivity index (χ4n) is 2.29. The van der Waals surface area contributed by atoms with Gasteiger partial charge in [0.25, 0.3) is 0 Å². The number of rotatable bonds is 3. The summed E-state index contributed by atoms with van der Waals surface area (Å²) in [6.07, 6.45) is 9.97. The molecule has 3 nitrogen and oxygen atoms in total. The van der Waals surface area contributed by atoms with Gasteiger partial charge in [0.15, 0.2) is 0 Å². The van der Waals surface area contributed by atoms with Gasteiger partial charge in [-0.05, 0) is 19.3 Å². The smallest absolute Gasteiger partial charge is 0.219 e. The lowest BCUT2D eigenvalue weighted by atomic mass is 10.0. The van der Waals surface area contributed by atoms with E-state index in [0.29, 0.717) is 6.04 Å². The van der Waals surface area contributed by atoms with Gasteiger partial charge in [-0.15, -0.1) is 0 Å². The third-order valence-electron chi connectivity index (χ3n) is 3.35. The molecule has 1 heterocycles. The average Bonchev–Trinajstić information content (AvgIpc) is 2.76. The highest BCUT2D eigenvalue weighted by Gasteiger charge is 2.23. The van der Waals surface area contributed by atoms with Gasteiger partial charge >= 0.3 is 0 Å².